The fraction of sp³-hybridized carbons (Fsp3) is 0.167. The molecule has 0 radical (unpaired) electrons. The minimum atomic E-state index is 0.302. The van der Waals surface area contributed by atoms with Crippen LogP contribution in [0.3, 0.4) is 0 Å². The molecule has 0 amide bonds. The quantitative estimate of drug-likeness (QED) is 0.890. The summed E-state index contributed by atoms with van der Waals surface area (Å²) in [6.45, 7) is 0.302. The third-order valence-corrected chi connectivity index (χ3v) is 3.68. The molecule has 2 rings (SSSR count). The number of nitrogens with one attached hydrogen (secondary N) is 1. The Morgan fingerprint density at radius 3 is 2.95 bits per heavy atom. The topological polar surface area (TPSA) is 73.1 Å². The first-order valence-corrected chi connectivity index (χ1v) is 6.60. The molecule has 5 nitrogen and oxygen atoms in total. The monoisotopic (exact) mass is 342 g/mol. The van der Waals surface area contributed by atoms with E-state index in [0.717, 1.165) is 10.2 Å². The normalized spacial score (nSPS) is 10.5. The van der Waals surface area contributed by atoms with E-state index in [1.54, 1.807) is 19.2 Å². The number of aromatic nitrogens is 2. The number of anilines is 3. The molecule has 7 heteroatoms. The van der Waals surface area contributed by atoms with Gasteiger partial charge in [-0.15, -0.1) is 0 Å². The Balaban J connectivity index is 2.30. The molecule has 0 atom stereocenters. The molecule has 0 aliphatic heterocycles. The Kier molecular flexibility index (Phi) is 4.57. The average molecular weight is 344 g/mol. The van der Waals surface area contributed by atoms with Crippen molar-refractivity contribution in [1.82, 2.24) is 9.97 Å². The first-order chi connectivity index (χ1) is 9.10. The van der Waals surface area contributed by atoms with Crippen LogP contribution in [0.2, 0.25) is 5.02 Å². The van der Waals surface area contributed by atoms with Crippen LogP contribution in [0.25, 0.3) is 0 Å². The highest BCUT2D eigenvalue weighted by molar-refractivity contribution is 9.10. The zero-order valence-electron chi connectivity index (χ0n) is 10.2. The van der Waals surface area contributed by atoms with Crippen LogP contribution in [0, 0.1) is 0 Å². The van der Waals surface area contributed by atoms with Crippen LogP contribution in [0.15, 0.2) is 28.7 Å². The summed E-state index contributed by atoms with van der Waals surface area (Å²) in [5.41, 5.74) is 6.53. The summed E-state index contributed by atoms with van der Waals surface area (Å²) in [6.07, 6.45) is 0. The molecule has 0 fully saturated rings. The van der Waals surface area contributed by atoms with Crippen molar-refractivity contribution in [3.05, 3.63) is 39.6 Å². The van der Waals surface area contributed by atoms with E-state index < -0.39 is 0 Å². The smallest absolute Gasteiger partial charge is 0.158 e. The lowest BCUT2D eigenvalue weighted by molar-refractivity contribution is 0.178. The number of hydrogen-bond acceptors (Lipinski definition) is 5. The SMILES string of the molecule is COCc1nc(N)cc(Nc2cccc(Cl)c2Br)n1. The Morgan fingerprint density at radius 1 is 1.42 bits per heavy atom. The molecule has 0 aliphatic carbocycles. The average Bonchev–Trinajstić information content (AvgIpc) is 2.35. The molecule has 1 heterocycles. The number of nitrogens with zero attached hydrogens (tertiary/aromatic N) is 2. The molecule has 19 heavy (non-hydrogen) atoms. The largest absolute Gasteiger partial charge is 0.384 e. The van der Waals surface area contributed by atoms with E-state index in [-0.39, 0.29) is 0 Å². The van der Waals surface area contributed by atoms with Gasteiger partial charge in [0.1, 0.15) is 18.2 Å². The predicted octanol–water partition coefficient (Wildman–Crippen LogP) is 3.36. The summed E-state index contributed by atoms with van der Waals surface area (Å²) in [4.78, 5) is 8.37. The molecule has 0 spiro atoms. The first kappa shape index (κ1) is 14.0. The van der Waals surface area contributed by atoms with Gasteiger partial charge in [-0.1, -0.05) is 17.7 Å². The van der Waals surface area contributed by atoms with Crippen LogP contribution < -0.4 is 11.1 Å². The standard InChI is InChI=1S/C12H12BrClN4O/c1-19-6-11-17-9(15)5-10(18-11)16-8-4-2-3-7(14)12(8)13/h2-5H,6H2,1H3,(H3,15,16,17,18). The van der Waals surface area contributed by atoms with E-state index >= 15 is 0 Å². The van der Waals surface area contributed by atoms with Crippen LogP contribution in [0.1, 0.15) is 5.82 Å². The van der Waals surface area contributed by atoms with Crippen molar-refractivity contribution in [1.29, 1.82) is 0 Å². The molecule has 0 unspecified atom stereocenters. The van der Waals surface area contributed by atoms with Crippen LogP contribution in [0.4, 0.5) is 17.3 Å². The van der Waals surface area contributed by atoms with Crippen molar-refractivity contribution in [3.63, 3.8) is 0 Å². The predicted molar refractivity (Wildman–Crippen MR) is 79.6 cm³/mol. The second kappa shape index (κ2) is 6.18. The lowest BCUT2D eigenvalue weighted by atomic mass is 10.3. The number of nitrogens with two attached hydrogens (primary N) is 1. The van der Waals surface area contributed by atoms with E-state index in [4.69, 9.17) is 22.1 Å². The zero-order chi connectivity index (χ0) is 13.8. The van der Waals surface area contributed by atoms with Gasteiger partial charge in [0.15, 0.2) is 5.82 Å². The van der Waals surface area contributed by atoms with Gasteiger partial charge in [-0.2, -0.15) is 0 Å². The van der Waals surface area contributed by atoms with Gasteiger partial charge in [0, 0.05) is 13.2 Å². The molecule has 2 aromatic rings. The van der Waals surface area contributed by atoms with Crippen molar-refractivity contribution in [3.8, 4) is 0 Å². The van der Waals surface area contributed by atoms with E-state index in [9.17, 15) is 0 Å². The van der Waals surface area contributed by atoms with Crippen molar-refractivity contribution in [2.75, 3.05) is 18.2 Å². The van der Waals surface area contributed by atoms with Crippen molar-refractivity contribution >= 4 is 44.9 Å². The molecule has 1 aromatic heterocycles. The highest BCUT2D eigenvalue weighted by Gasteiger charge is 2.07. The Labute approximate surface area is 124 Å². The van der Waals surface area contributed by atoms with Gasteiger partial charge in [0.05, 0.1) is 15.2 Å². The van der Waals surface area contributed by atoms with Crippen LogP contribution in [0.5, 0.6) is 0 Å². The number of halogens is 2. The minimum Gasteiger partial charge on any atom is -0.384 e. The van der Waals surface area contributed by atoms with Crippen molar-refractivity contribution in [2.24, 2.45) is 0 Å². The molecule has 0 aliphatic rings. The summed E-state index contributed by atoms with van der Waals surface area (Å²) in [7, 11) is 1.58. The first-order valence-electron chi connectivity index (χ1n) is 5.43. The Morgan fingerprint density at radius 2 is 2.21 bits per heavy atom. The van der Waals surface area contributed by atoms with Crippen molar-refractivity contribution < 1.29 is 4.74 Å². The van der Waals surface area contributed by atoms with E-state index in [2.05, 4.69) is 31.2 Å². The van der Waals surface area contributed by atoms with Crippen LogP contribution in [-0.2, 0) is 11.3 Å². The van der Waals surface area contributed by atoms with Gasteiger partial charge in [0.25, 0.3) is 0 Å². The van der Waals surface area contributed by atoms with Crippen LogP contribution in [-0.4, -0.2) is 17.1 Å². The summed E-state index contributed by atoms with van der Waals surface area (Å²) in [5, 5.41) is 3.75. The molecular weight excluding hydrogens is 332 g/mol. The maximum atomic E-state index is 6.03. The summed E-state index contributed by atoms with van der Waals surface area (Å²) >= 11 is 9.44. The summed E-state index contributed by atoms with van der Waals surface area (Å²) in [5.74, 6) is 1.48. The fourth-order valence-corrected chi connectivity index (χ4v) is 2.05. The van der Waals surface area contributed by atoms with Gasteiger partial charge in [0.2, 0.25) is 0 Å². The number of methoxy groups -OCH3 is 1. The minimum absolute atomic E-state index is 0.302. The molecular formula is C12H12BrClN4O. The molecule has 0 saturated carbocycles. The molecule has 3 N–H and O–H groups in total. The van der Waals surface area contributed by atoms with Gasteiger partial charge in [-0.05, 0) is 28.1 Å². The number of ether oxygens (including phenoxy) is 1. The number of hydrogen-bond donors (Lipinski definition) is 2. The maximum Gasteiger partial charge on any atom is 0.158 e. The highest BCUT2D eigenvalue weighted by atomic mass is 79.9. The summed E-state index contributed by atoms with van der Waals surface area (Å²) < 4.78 is 5.76. The number of rotatable bonds is 4. The number of nitrogen functional groups attached to an aromatic ring is 1. The van der Waals surface area contributed by atoms with Crippen LogP contribution >= 0.6 is 27.5 Å². The van der Waals surface area contributed by atoms with E-state index in [1.165, 1.54) is 0 Å². The lowest BCUT2D eigenvalue weighted by Gasteiger charge is -2.10. The van der Waals surface area contributed by atoms with Gasteiger partial charge in [-0.3, -0.25) is 0 Å². The number of benzene rings is 1. The Bertz CT molecular complexity index is 594. The van der Waals surface area contributed by atoms with Crippen molar-refractivity contribution in [2.45, 2.75) is 6.61 Å². The third-order valence-electron chi connectivity index (χ3n) is 2.28. The fourth-order valence-electron chi connectivity index (χ4n) is 1.51. The van der Waals surface area contributed by atoms with E-state index in [0.29, 0.717) is 29.1 Å². The van der Waals surface area contributed by atoms with Gasteiger partial charge >= 0.3 is 0 Å². The molecule has 0 bridgehead atoms. The molecule has 100 valence electrons. The second-order valence-corrected chi connectivity index (χ2v) is 4.95. The Hall–Kier alpha value is -1.37. The second-order valence-electron chi connectivity index (χ2n) is 3.75. The summed E-state index contributed by atoms with van der Waals surface area (Å²) in [6, 6.07) is 7.16. The van der Waals surface area contributed by atoms with Gasteiger partial charge < -0.3 is 15.8 Å². The molecule has 0 saturated heterocycles. The third kappa shape index (κ3) is 3.56. The zero-order valence-corrected chi connectivity index (χ0v) is 12.5. The highest BCUT2D eigenvalue weighted by Crippen LogP contribution is 2.31. The van der Waals surface area contributed by atoms with Gasteiger partial charge in [-0.25, -0.2) is 9.97 Å². The molecule has 1 aromatic carbocycles. The lowest BCUT2D eigenvalue weighted by Crippen LogP contribution is -2.04. The maximum absolute atomic E-state index is 6.03. The van der Waals surface area contributed by atoms with E-state index in [1.807, 2.05) is 12.1 Å².